The summed E-state index contributed by atoms with van der Waals surface area (Å²) in [5.74, 6) is 7.11. The number of carbonyl (C=O) groups excluding carboxylic acids is 1. The zero-order valence-electron chi connectivity index (χ0n) is 21.3. The lowest BCUT2D eigenvalue weighted by atomic mass is 9.96. The average molecular weight is 554 g/mol. The number of carbonyl (C=O) groups is 1. The summed E-state index contributed by atoms with van der Waals surface area (Å²) in [5, 5.41) is 0. The molecule has 5 rings (SSSR count). The van der Waals surface area contributed by atoms with E-state index in [1.165, 1.54) is 23.5 Å². The van der Waals surface area contributed by atoms with Gasteiger partial charge in [-0.25, -0.2) is 4.98 Å². The van der Waals surface area contributed by atoms with E-state index in [2.05, 4.69) is 11.8 Å². The van der Waals surface area contributed by atoms with Gasteiger partial charge in [-0.1, -0.05) is 24.0 Å². The van der Waals surface area contributed by atoms with Crippen LogP contribution in [0.4, 0.5) is 8.78 Å². The van der Waals surface area contributed by atoms with E-state index in [1.54, 1.807) is 19.4 Å². The smallest absolute Gasteiger partial charge is 0.387 e. The normalized spacial score (nSPS) is 17.1. The first-order valence-corrected chi connectivity index (χ1v) is 15.4. The van der Waals surface area contributed by atoms with Gasteiger partial charge in [-0.15, -0.1) is 11.3 Å². The third kappa shape index (κ3) is 4.92. The van der Waals surface area contributed by atoms with Gasteiger partial charge in [-0.05, 0) is 70.2 Å². The number of aldehydes is 1. The minimum Gasteiger partial charge on any atom is -0.434 e. The lowest BCUT2D eigenvalue weighted by molar-refractivity contribution is -0.0507. The molecule has 1 aliphatic rings. The fraction of sp³-hybridized carbons (Fsp3) is 0.286. The van der Waals surface area contributed by atoms with Gasteiger partial charge in [0.15, 0.2) is 6.29 Å². The lowest BCUT2D eigenvalue weighted by Crippen LogP contribution is -2.18. The molecule has 6 nitrogen and oxygen atoms in total. The van der Waals surface area contributed by atoms with Crippen molar-refractivity contribution in [3.8, 4) is 17.6 Å². The highest BCUT2D eigenvalue weighted by atomic mass is 32.1. The van der Waals surface area contributed by atoms with Gasteiger partial charge in [-0.3, -0.25) is 9.69 Å². The second kappa shape index (κ2) is 10.1. The maximum atomic E-state index is 13.3. The van der Waals surface area contributed by atoms with E-state index < -0.39 is 19.8 Å². The maximum absolute atomic E-state index is 13.3. The monoisotopic (exact) mass is 553 g/mol. The highest BCUT2D eigenvalue weighted by Gasteiger charge is 2.38. The van der Waals surface area contributed by atoms with E-state index >= 15 is 0 Å². The van der Waals surface area contributed by atoms with E-state index in [0.29, 0.717) is 23.8 Å². The number of fused-ring (bicyclic) bond motifs is 3. The Balaban J connectivity index is 1.63. The van der Waals surface area contributed by atoms with Gasteiger partial charge in [0, 0.05) is 16.7 Å². The molecular formula is C28H26F2N3O3PS. The summed E-state index contributed by atoms with van der Waals surface area (Å²) >= 11 is 1.43. The third-order valence-electron chi connectivity index (χ3n) is 6.63. The fourth-order valence-electron chi connectivity index (χ4n) is 4.90. The Bertz CT molecular complexity index is 1640. The quantitative estimate of drug-likeness (QED) is 0.173. The number of thiophene rings is 1. The molecule has 0 aliphatic carbocycles. The molecule has 0 N–H and O–H groups in total. The molecule has 1 unspecified atom stereocenters. The summed E-state index contributed by atoms with van der Waals surface area (Å²) in [5.41, 5.74) is 3.01. The number of nitrogens with zero attached hydrogens (tertiary/aromatic N) is 3. The van der Waals surface area contributed by atoms with Crippen LogP contribution in [0, 0.1) is 11.8 Å². The maximum Gasteiger partial charge on any atom is 0.387 e. The average Bonchev–Trinajstić information content (AvgIpc) is 3.56. The topological polar surface area (TPSA) is 64.4 Å². The Hall–Kier alpha value is -3.31. The van der Waals surface area contributed by atoms with Crippen molar-refractivity contribution in [3.05, 3.63) is 75.9 Å². The van der Waals surface area contributed by atoms with Gasteiger partial charge in [0.25, 0.3) is 0 Å². The van der Waals surface area contributed by atoms with Crippen LogP contribution in [0.5, 0.6) is 5.75 Å². The van der Waals surface area contributed by atoms with Crippen molar-refractivity contribution in [2.45, 2.75) is 25.1 Å². The highest BCUT2D eigenvalue weighted by Crippen LogP contribution is 2.46. The van der Waals surface area contributed by atoms with Crippen LogP contribution in [0.3, 0.4) is 0 Å². The van der Waals surface area contributed by atoms with Crippen molar-refractivity contribution in [2.75, 3.05) is 27.4 Å². The van der Waals surface area contributed by atoms with E-state index in [0.717, 1.165) is 31.9 Å². The Morgan fingerprint density at radius 3 is 2.63 bits per heavy atom. The lowest BCUT2D eigenvalue weighted by Gasteiger charge is -2.22. The number of benzene rings is 2. The molecular weight excluding hydrogens is 527 g/mol. The summed E-state index contributed by atoms with van der Waals surface area (Å²) in [6, 6.07) is 13.5. The third-order valence-corrected chi connectivity index (χ3v) is 10.2. The zero-order chi connectivity index (χ0) is 27.2. The molecule has 0 amide bonds. The number of rotatable bonds is 6. The first-order chi connectivity index (χ1) is 18.1. The first-order valence-electron chi connectivity index (χ1n) is 12.0. The van der Waals surface area contributed by atoms with Gasteiger partial charge in [0.05, 0.1) is 32.6 Å². The van der Waals surface area contributed by atoms with Gasteiger partial charge in [0.1, 0.15) is 18.7 Å². The minimum atomic E-state index is -3.02. The van der Waals surface area contributed by atoms with Crippen molar-refractivity contribution >= 4 is 40.4 Å². The minimum absolute atomic E-state index is 0.0182. The molecule has 0 fully saturated rings. The molecule has 38 heavy (non-hydrogen) atoms. The predicted molar refractivity (Wildman–Crippen MR) is 147 cm³/mol. The van der Waals surface area contributed by atoms with Crippen LogP contribution < -0.4 is 9.36 Å². The molecule has 0 bridgehead atoms. The van der Waals surface area contributed by atoms with Crippen molar-refractivity contribution < 1.29 is 22.9 Å². The van der Waals surface area contributed by atoms with E-state index in [1.807, 2.05) is 53.9 Å². The summed E-state index contributed by atoms with van der Waals surface area (Å²) in [6.45, 7) is 0.458. The molecule has 10 heteroatoms. The van der Waals surface area contributed by atoms with Crippen molar-refractivity contribution in [1.82, 2.24) is 14.5 Å². The van der Waals surface area contributed by atoms with Crippen molar-refractivity contribution in [3.63, 3.8) is 0 Å². The van der Waals surface area contributed by atoms with E-state index in [9.17, 15) is 18.1 Å². The second-order valence-electron chi connectivity index (χ2n) is 9.77. The summed E-state index contributed by atoms with van der Waals surface area (Å²) in [7, 11) is 1.54. The van der Waals surface area contributed by atoms with Gasteiger partial charge >= 0.3 is 6.61 Å². The number of aromatic nitrogens is 2. The molecule has 0 radical (unpaired) electrons. The van der Waals surface area contributed by atoms with E-state index in [-0.39, 0.29) is 11.8 Å². The molecule has 4 aromatic rings. The SMILES string of the molecule is CN(C)C1C[C@H](c2c(C=O)cccc2OC(F)F)n2c1nc1ccc(C#Cc3ccc(P(C)(C)=O)s3)cc12. The largest absolute Gasteiger partial charge is 0.434 e. The molecule has 3 heterocycles. The molecule has 2 aromatic carbocycles. The Kier molecular flexibility index (Phi) is 6.99. The van der Waals surface area contributed by atoms with Crippen molar-refractivity contribution in [1.29, 1.82) is 0 Å². The van der Waals surface area contributed by atoms with Gasteiger partial charge in [-0.2, -0.15) is 8.78 Å². The van der Waals surface area contributed by atoms with E-state index in [4.69, 9.17) is 9.72 Å². The van der Waals surface area contributed by atoms with Crippen molar-refractivity contribution in [2.24, 2.45) is 0 Å². The number of alkyl halides is 2. The molecule has 196 valence electrons. The number of ether oxygens (including phenoxy) is 1. The van der Waals surface area contributed by atoms with Crippen LogP contribution in [0.1, 0.15) is 50.7 Å². The van der Waals surface area contributed by atoms with Crippen LogP contribution in [0.2, 0.25) is 0 Å². The van der Waals surface area contributed by atoms with Crippen LogP contribution >= 0.6 is 18.5 Å². The summed E-state index contributed by atoms with van der Waals surface area (Å²) in [4.78, 5) is 19.7. The Morgan fingerprint density at radius 1 is 1.18 bits per heavy atom. The van der Waals surface area contributed by atoms with Gasteiger partial charge in [0.2, 0.25) is 0 Å². The number of imidazole rings is 1. The summed E-state index contributed by atoms with van der Waals surface area (Å²) < 4.78 is 46.6. The van der Waals surface area contributed by atoms with Crippen LogP contribution in [-0.4, -0.2) is 54.8 Å². The number of hydrogen-bond donors (Lipinski definition) is 0. The predicted octanol–water partition coefficient (Wildman–Crippen LogP) is 5.76. The van der Waals surface area contributed by atoms with Crippen LogP contribution in [0.25, 0.3) is 11.0 Å². The molecule has 0 saturated heterocycles. The second-order valence-corrected chi connectivity index (χ2v) is 14.3. The molecule has 2 atom stereocenters. The molecule has 0 spiro atoms. The van der Waals surface area contributed by atoms with Crippen LogP contribution in [0.15, 0.2) is 48.5 Å². The standard InChI is InChI=1S/C28H26F2N3O3PS/c1-32(2)23-15-22(26-18(16-34)6-5-7-24(26)36-28(29)30)33-21-14-17(9-12-20(21)31-27(23)33)8-10-19-11-13-25(38-19)37(3,4)35/h5-7,9,11-14,16,22-23,28H,15H2,1-4H3/t22-,23?/m1/s1. The molecule has 1 aliphatic heterocycles. The Morgan fingerprint density at radius 2 is 1.97 bits per heavy atom. The zero-order valence-corrected chi connectivity index (χ0v) is 23.0. The first kappa shape index (κ1) is 26.3. The highest BCUT2D eigenvalue weighted by molar-refractivity contribution is 7.75. The van der Waals surface area contributed by atoms with Crippen LogP contribution in [-0.2, 0) is 4.57 Å². The molecule has 0 saturated carbocycles. The Labute approximate surface area is 223 Å². The van der Waals surface area contributed by atoms with Gasteiger partial charge < -0.3 is 13.9 Å². The number of hydrogen-bond acceptors (Lipinski definition) is 6. The molecule has 2 aromatic heterocycles. The summed E-state index contributed by atoms with van der Waals surface area (Å²) in [6.07, 6.45) is 1.21. The number of halogens is 2. The fourth-order valence-corrected chi connectivity index (χ4v) is 7.11.